The number of nitrogens with zero attached hydrogens (tertiary/aromatic N) is 2. The first kappa shape index (κ1) is 22.0. The maximum atomic E-state index is 4.86. The smallest absolute Gasteiger partial charge is 0.117 e. The van der Waals surface area contributed by atoms with E-state index >= 15 is 0 Å². The Kier molecular flexibility index (Phi) is 6.13. The summed E-state index contributed by atoms with van der Waals surface area (Å²) in [6.07, 6.45) is 4.24. The summed E-state index contributed by atoms with van der Waals surface area (Å²) in [7, 11) is 0. The van der Waals surface area contributed by atoms with E-state index in [2.05, 4.69) is 132 Å². The molecule has 6 rings (SSSR count). The van der Waals surface area contributed by atoms with Gasteiger partial charge in [-0.2, -0.15) is 0 Å². The molecule has 1 aromatic heterocycles. The van der Waals surface area contributed by atoms with E-state index in [1.165, 1.54) is 15.8 Å². The van der Waals surface area contributed by atoms with E-state index in [4.69, 9.17) is 4.98 Å². The maximum Gasteiger partial charge on any atom is 0.117 e. The van der Waals surface area contributed by atoms with Crippen LogP contribution in [-0.4, -0.2) is 4.98 Å². The summed E-state index contributed by atoms with van der Waals surface area (Å²) < 4.78 is 1.20. The van der Waals surface area contributed by atoms with E-state index in [0.29, 0.717) is 0 Å². The van der Waals surface area contributed by atoms with Crippen molar-refractivity contribution in [2.24, 2.45) is 0 Å². The molecule has 0 saturated carbocycles. The van der Waals surface area contributed by atoms with Gasteiger partial charge in [0, 0.05) is 17.1 Å². The molecule has 6 aromatic rings. The SMILES string of the molecule is C(=Cc1nc2cc(-c3ccccc3)ccc2s1)c1ccc(N(c2ccccc2)c2ccccc2)cc1. The largest absolute Gasteiger partial charge is 0.311 e. The highest BCUT2D eigenvalue weighted by molar-refractivity contribution is 7.19. The van der Waals surface area contributed by atoms with Gasteiger partial charge in [0.25, 0.3) is 0 Å². The molecule has 0 aliphatic carbocycles. The summed E-state index contributed by atoms with van der Waals surface area (Å²) in [6.45, 7) is 0. The molecule has 0 radical (unpaired) electrons. The summed E-state index contributed by atoms with van der Waals surface area (Å²) in [5.41, 5.74) is 7.98. The zero-order chi connectivity index (χ0) is 24.2. The van der Waals surface area contributed by atoms with Gasteiger partial charge in [0.05, 0.1) is 10.2 Å². The topological polar surface area (TPSA) is 16.1 Å². The molecule has 5 aromatic carbocycles. The molecule has 0 atom stereocenters. The van der Waals surface area contributed by atoms with Crippen LogP contribution in [0.15, 0.2) is 133 Å². The van der Waals surface area contributed by atoms with Gasteiger partial charge in [-0.1, -0.05) is 91.0 Å². The minimum Gasteiger partial charge on any atom is -0.311 e. The van der Waals surface area contributed by atoms with Crippen molar-refractivity contribution in [1.29, 1.82) is 0 Å². The van der Waals surface area contributed by atoms with Gasteiger partial charge in [0.1, 0.15) is 5.01 Å². The summed E-state index contributed by atoms with van der Waals surface area (Å²) in [6, 6.07) is 46.6. The molecular formula is C33H24N2S. The minimum absolute atomic E-state index is 1.01. The summed E-state index contributed by atoms with van der Waals surface area (Å²) in [5.74, 6) is 0. The number of fused-ring (bicyclic) bond motifs is 1. The predicted molar refractivity (Wildman–Crippen MR) is 155 cm³/mol. The van der Waals surface area contributed by atoms with E-state index in [1.54, 1.807) is 11.3 Å². The summed E-state index contributed by atoms with van der Waals surface area (Å²) >= 11 is 1.72. The van der Waals surface area contributed by atoms with E-state index in [1.807, 2.05) is 18.2 Å². The monoisotopic (exact) mass is 480 g/mol. The van der Waals surface area contributed by atoms with E-state index in [0.717, 1.165) is 33.1 Å². The average molecular weight is 481 g/mol. The molecule has 0 spiro atoms. The molecule has 0 fully saturated rings. The first-order valence-corrected chi connectivity index (χ1v) is 12.8. The number of anilines is 3. The number of hydrogen-bond acceptors (Lipinski definition) is 3. The Morgan fingerprint density at radius 3 is 1.75 bits per heavy atom. The zero-order valence-electron chi connectivity index (χ0n) is 19.7. The van der Waals surface area contributed by atoms with Crippen LogP contribution in [0.2, 0.25) is 0 Å². The molecule has 0 aliphatic rings. The fourth-order valence-electron chi connectivity index (χ4n) is 4.33. The number of aromatic nitrogens is 1. The third-order valence-corrected chi connectivity index (χ3v) is 7.11. The van der Waals surface area contributed by atoms with Crippen LogP contribution in [0.1, 0.15) is 10.6 Å². The predicted octanol–water partition coefficient (Wildman–Crippen LogP) is 9.60. The average Bonchev–Trinajstić information content (AvgIpc) is 3.37. The Labute approximate surface area is 215 Å². The number of hydrogen-bond donors (Lipinski definition) is 0. The van der Waals surface area contributed by atoms with Crippen LogP contribution in [0.4, 0.5) is 17.1 Å². The summed E-state index contributed by atoms with van der Waals surface area (Å²) in [4.78, 5) is 7.13. The van der Waals surface area contributed by atoms with Crippen LogP contribution in [0.5, 0.6) is 0 Å². The van der Waals surface area contributed by atoms with Crippen LogP contribution in [0.25, 0.3) is 33.5 Å². The van der Waals surface area contributed by atoms with Crippen molar-refractivity contribution >= 4 is 50.8 Å². The lowest BCUT2D eigenvalue weighted by molar-refractivity contribution is 1.28. The Hall–Kier alpha value is -4.47. The van der Waals surface area contributed by atoms with Gasteiger partial charge < -0.3 is 4.90 Å². The van der Waals surface area contributed by atoms with E-state index in [-0.39, 0.29) is 0 Å². The van der Waals surface area contributed by atoms with Crippen LogP contribution < -0.4 is 4.90 Å². The third-order valence-electron chi connectivity index (χ3n) is 6.11. The van der Waals surface area contributed by atoms with Gasteiger partial charge in [-0.3, -0.25) is 0 Å². The highest BCUT2D eigenvalue weighted by Crippen LogP contribution is 2.34. The number of rotatable bonds is 6. The molecule has 0 unspecified atom stereocenters. The van der Waals surface area contributed by atoms with Crippen molar-refractivity contribution < 1.29 is 0 Å². The molecule has 0 N–H and O–H groups in total. The first-order chi connectivity index (χ1) is 17.8. The van der Waals surface area contributed by atoms with Crippen molar-refractivity contribution in [2.75, 3.05) is 4.90 Å². The van der Waals surface area contributed by atoms with Gasteiger partial charge in [-0.15, -0.1) is 11.3 Å². The van der Waals surface area contributed by atoms with Gasteiger partial charge in [-0.05, 0) is 71.3 Å². The number of benzene rings is 5. The fraction of sp³-hybridized carbons (Fsp3) is 0. The Bertz CT molecular complexity index is 1560. The minimum atomic E-state index is 1.01. The Balaban J connectivity index is 1.25. The van der Waals surface area contributed by atoms with Crippen LogP contribution in [0.3, 0.4) is 0 Å². The van der Waals surface area contributed by atoms with Crippen LogP contribution in [-0.2, 0) is 0 Å². The Morgan fingerprint density at radius 1 is 0.528 bits per heavy atom. The maximum absolute atomic E-state index is 4.86. The van der Waals surface area contributed by atoms with Crippen molar-refractivity contribution in [3.05, 3.63) is 144 Å². The second-order valence-electron chi connectivity index (χ2n) is 8.53. The van der Waals surface area contributed by atoms with Crippen LogP contribution >= 0.6 is 11.3 Å². The lowest BCUT2D eigenvalue weighted by atomic mass is 10.1. The van der Waals surface area contributed by atoms with Gasteiger partial charge in [0.15, 0.2) is 0 Å². The lowest BCUT2D eigenvalue weighted by Gasteiger charge is -2.25. The molecular weight excluding hydrogens is 456 g/mol. The van der Waals surface area contributed by atoms with Crippen molar-refractivity contribution in [1.82, 2.24) is 4.98 Å². The van der Waals surface area contributed by atoms with Crippen molar-refractivity contribution in [2.45, 2.75) is 0 Å². The molecule has 36 heavy (non-hydrogen) atoms. The highest BCUT2D eigenvalue weighted by Gasteiger charge is 2.11. The standard InChI is InChI=1S/C33H24N2S/c1-4-10-26(11-5-1)27-19-22-32-31(24-27)34-33(36-32)23-18-25-16-20-30(21-17-25)35(28-12-6-2-7-13-28)29-14-8-3-9-15-29/h1-24H. The quantitative estimate of drug-likeness (QED) is 0.236. The van der Waals surface area contributed by atoms with Crippen LogP contribution in [0, 0.1) is 0 Å². The molecule has 172 valence electrons. The lowest BCUT2D eigenvalue weighted by Crippen LogP contribution is -2.09. The van der Waals surface area contributed by atoms with Crippen molar-refractivity contribution in [3.63, 3.8) is 0 Å². The molecule has 0 bridgehead atoms. The van der Waals surface area contributed by atoms with Gasteiger partial charge in [0.2, 0.25) is 0 Å². The Morgan fingerprint density at radius 2 is 1.11 bits per heavy atom. The molecule has 0 amide bonds. The molecule has 0 aliphatic heterocycles. The zero-order valence-corrected chi connectivity index (χ0v) is 20.5. The summed E-state index contributed by atoms with van der Waals surface area (Å²) in [5, 5.41) is 1.01. The second-order valence-corrected chi connectivity index (χ2v) is 9.59. The molecule has 2 nitrogen and oxygen atoms in total. The highest BCUT2D eigenvalue weighted by atomic mass is 32.1. The van der Waals surface area contributed by atoms with Crippen molar-refractivity contribution in [3.8, 4) is 11.1 Å². The third kappa shape index (κ3) is 4.70. The second kappa shape index (κ2) is 10.0. The number of thiazole rings is 1. The fourth-order valence-corrected chi connectivity index (χ4v) is 5.18. The normalized spacial score (nSPS) is 11.2. The van der Waals surface area contributed by atoms with E-state index < -0.39 is 0 Å². The van der Waals surface area contributed by atoms with Gasteiger partial charge >= 0.3 is 0 Å². The molecule has 1 heterocycles. The van der Waals surface area contributed by atoms with Gasteiger partial charge in [-0.25, -0.2) is 4.98 Å². The molecule has 0 saturated heterocycles. The van der Waals surface area contributed by atoms with E-state index in [9.17, 15) is 0 Å². The molecule has 3 heteroatoms. The number of para-hydroxylation sites is 2. The first-order valence-electron chi connectivity index (χ1n) is 12.0.